The fourth-order valence-corrected chi connectivity index (χ4v) is 3.89. The molecule has 1 aliphatic rings. The molecule has 0 saturated carbocycles. The fourth-order valence-electron chi connectivity index (χ4n) is 2.57. The molecule has 2 aromatic carbocycles. The molecule has 0 radical (unpaired) electrons. The molecule has 0 saturated heterocycles. The molecular formula is C18H19ClN2O5S. The zero-order valence-electron chi connectivity index (χ0n) is 14.9. The van der Waals surface area contributed by atoms with Gasteiger partial charge in [-0.25, -0.2) is 8.42 Å². The molecule has 7 nitrogen and oxygen atoms in total. The molecule has 0 fully saturated rings. The maximum atomic E-state index is 12.8. The van der Waals surface area contributed by atoms with Crippen molar-refractivity contribution in [3.63, 3.8) is 0 Å². The lowest BCUT2D eigenvalue weighted by Crippen LogP contribution is -2.35. The van der Waals surface area contributed by atoms with Crippen molar-refractivity contribution in [1.82, 2.24) is 4.31 Å². The summed E-state index contributed by atoms with van der Waals surface area (Å²) in [5, 5.41) is 3.16. The Morgan fingerprint density at radius 2 is 1.85 bits per heavy atom. The van der Waals surface area contributed by atoms with Crippen LogP contribution in [0.4, 0.5) is 5.69 Å². The van der Waals surface area contributed by atoms with Crippen LogP contribution < -0.4 is 14.8 Å². The topological polar surface area (TPSA) is 84.9 Å². The van der Waals surface area contributed by atoms with Crippen molar-refractivity contribution in [1.29, 1.82) is 0 Å². The summed E-state index contributed by atoms with van der Waals surface area (Å²) in [6.45, 7) is 2.25. The van der Waals surface area contributed by atoms with Crippen LogP contribution >= 0.6 is 11.6 Å². The molecule has 2 aromatic rings. The summed E-state index contributed by atoms with van der Waals surface area (Å²) in [4.78, 5) is 12.3. The molecular weight excluding hydrogens is 392 g/mol. The lowest BCUT2D eigenvalue weighted by molar-refractivity contribution is -0.116. The summed E-state index contributed by atoms with van der Waals surface area (Å²) in [5.41, 5.74) is 1.36. The molecule has 3 rings (SSSR count). The first-order valence-corrected chi connectivity index (χ1v) is 10.0. The minimum Gasteiger partial charge on any atom is -0.486 e. The van der Waals surface area contributed by atoms with E-state index in [1.807, 2.05) is 6.92 Å². The summed E-state index contributed by atoms with van der Waals surface area (Å²) in [5.74, 6) is 0.399. The van der Waals surface area contributed by atoms with Crippen molar-refractivity contribution in [3.05, 3.63) is 47.0 Å². The molecule has 1 aliphatic heterocycles. The van der Waals surface area contributed by atoms with Crippen LogP contribution in [0.2, 0.25) is 5.02 Å². The Balaban J connectivity index is 1.73. The van der Waals surface area contributed by atoms with Gasteiger partial charge in [-0.1, -0.05) is 17.7 Å². The van der Waals surface area contributed by atoms with E-state index < -0.39 is 15.9 Å². The van der Waals surface area contributed by atoms with E-state index in [9.17, 15) is 13.2 Å². The molecule has 0 spiro atoms. The zero-order valence-corrected chi connectivity index (χ0v) is 16.4. The monoisotopic (exact) mass is 410 g/mol. The van der Waals surface area contributed by atoms with E-state index in [4.69, 9.17) is 21.1 Å². The highest BCUT2D eigenvalue weighted by Gasteiger charge is 2.25. The van der Waals surface area contributed by atoms with Crippen LogP contribution in [0.1, 0.15) is 5.56 Å². The molecule has 27 heavy (non-hydrogen) atoms. The van der Waals surface area contributed by atoms with Crippen LogP contribution in [0.5, 0.6) is 11.5 Å². The van der Waals surface area contributed by atoms with Gasteiger partial charge in [0.25, 0.3) is 0 Å². The van der Waals surface area contributed by atoms with Gasteiger partial charge in [0.2, 0.25) is 15.9 Å². The molecule has 1 amide bonds. The fraction of sp³-hybridized carbons (Fsp3) is 0.278. The van der Waals surface area contributed by atoms with Gasteiger partial charge in [0, 0.05) is 23.8 Å². The number of nitrogens with one attached hydrogen (secondary N) is 1. The van der Waals surface area contributed by atoms with Gasteiger partial charge in [0.15, 0.2) is 11.5 Å². The molecule has 0 atom stereocenters. The molecule has 0 unspecified atom stereocenters. The van der Waals surface area contributed by atoms with E-state index in [1.54, 1.807) is 24.3 Å². The maximum absolute atomic E-state index is 12.8. The van der Waals surface area contributed by atoms with Gasteiger partial charge in [0.05, 0.1) is 11.4 Å². The van der Waals surface area contributed by atoms with E-state index in [1.165, 1.54) is 19.2 Å². The predicted molar refractivity (Wildman–Crippen MR) is 102 cm³/mol. The van der Waals surface area contributed by atoms with E-state index in [2.05, 4.69) is 5.32 Å². The molecule has 1 heterocycles. The van der Waals surface area contributed by atoms with Crippen molar-refractivity contribution < 1.29 is 22.7 Å². The van der Waals surface area contributed by atoms with Crippen molar-refractivity contribution in [3.8, 4) is 11.5 Å². The maximum Gasteiger partial charge on any atom is 0.243 e. The molecule has 144 valence electrons. The average molecular weight is 411 g/mol. The largest absolute Gasteiger partial charge is 0.486 e. The van der Waals surface area contributed by atoms with Gasteiger partial charge >= 0.3 is 0 Å². The van der Waals surface area contributed by atoms with Crippen LogP contribution in [0.15, 0.2) is 41.3 Å². The number of fused-ring (bicyclic) bond motifs is 1. The third-order valence-corrected chi connectivity index (χ3v) is 6.10. The molecule has 0 bridgehead atoms. The van der Waals surface area contributed by atoms with Gasteiger partial charge < -0.3 is 14.8 Å². The molecule has 0 aromatic heterocycles. The Labute approximate surface area is 162 Å². The van der Waals surface area contributed by atoms with Gasteiger partial charge in [-0.3, -0.25) is 4.79 Å². The van der Waals surface area contributed by atoms with Crippen molar-refractivity contribution >= 4 is 33.2 Å². The second-order valence-electron chi connectivity index (χ2n) is 6.07. The second-order valence-corrected chi connectivity index (χ2v) is 8.56. The summed E-state index contributed by atoms with van der Waals surface area (Å²) >= 11 is 5.94. The number of aryl methyl sites for hydroxylation is 1. The molecule has 1 N–H and O–H groups in total. The minimum absolute atomic E-state index is 0.0287. The lowest BCUT2D eigenvalue weighted by Gasteiger charge is -2.21. The van der Waals surface area contributed by atoms with E-state index in [0.717, 1.165) is 9.87 Å². The van der Waals surface area contributed by atoms with Crippen molar-refractivity contribution in [2.75, 3.05) is 32.1 Å². The summed E-state index contributed by atoms with van der Waals surface area (Å²) in [6.07, 6.45) is 0. The SMILES string of the molecule is Cc1ccc(Cl)cc1NC(=O)CN(C)S(=O)(=O)c1ccc2c(c1)OCCO2. The van der Waals surface area contributed by atoms with Crippen LogP contribution in [-0.2, 0) is 14.8 Å². The Morgan fingerprint density at radius 1 is 1.15 bits per heavy atom. The first kappa shape index (κ1) is 19.5. The number of nitrogens with zero attached hydrogens (tertiary/aromatic N) is 1. The number of likely N-dealkylation sites (N-methyl/N-ethyl adjacent to an activating group) is 1. The van der Waals surface area contributed by atoms with Crippen LogP contribution in [0.25, 0.3) is 0 Å². The first-order valence-electron chi connectivity index (χ1n) is 8.19. The Morgan fingerprint density at radius 3 is 2.59 bits per heavy atom. The van der Waals surface area contributed by atoms with E-state index in [0.29, 0.717) is 35.4 Å². The second kappa shape index (κ2) is 7.75. The quantitative estimate of drug-likeness (QED) is 0.819. The number of sulfonamides is 1. The summed E-state index contributed by atoms with van der Waals surface area (Å²) in [7, 11) is -2.52. The number of amides is 1. The third-order valence-electron chi connectivity index (χ3n) is 4.06. The Kier molecular flexibility index (Phi) is 5.59. The Bertz CT molecular complexity index is 978. The molecule has 9 heteroatoms. The summed E-state index contributed by atoms with van der Waals surface area (Å²) < 4.78 is 37.3. The summed E-state index contributed by atoms with van der Waals surface area (Å²) in [6, 6.07) is 9.48. The van der Waals surface area contributed by atoms with Crippen LogP contribution in [0.3, 0.4) is 0 Å². The zero-order chi connectivity index (χ0) is 19.6. The van der Waals surface area contributed by atoms with Crippen LogP contribution in [0, 0.1) is 6.92 Å². The third kappa shape index (κ3) is 4.35. The van der Waals surface area contributed by atoms with Crippen molar-refractivity contribution in [2.24, 2.45) is 0 Å². The van der Waals surface area contributed by atoms with Crippen molar-refractivity contribution in [2.45, 2.75) is 11.8 Å². The van der Waals surface area contributed by atoms with Gasteiger partial charge in [-0.15, -0.1) is 0 Å². The smallest absolute Gasteiger partial charge is 0.243 e. The Hall–Kier alpha value is -2.29. The number of rotatable bonds is 5. The number of ether oxygens (including phenoxy) is 2. The minimum atomic E-state index is -3.87. The first-order chi connectivity index (χ1) is 12.8. The van der Waals surface area contributed by atoms with Gasteiger partial charge in [0.1, 0.15) is 13.2 Å². The number of benzene rings is 2. The van der Waals surface area contributed by atoms with Crippen LogP contribution in [-0.4, -0.2) is 45.4 Å². The highest BCUT2D eigenvalue weighted by molar-refractivity contribution is 7.89. The number of carbonyl (C=O) groups excluding carboxylic acids is 1. The standard InChI is InChI=1S/C18H19ClN2O5S/c1-12-3-4-13(19)9-15(12)20-18(22)11-21(2)27(23,24)14-5-6-16-17(10-14)26-8-7-25-16/h3-6,9-10H,7-8,11H2,1-2H3,(H,20,22). The number of halogens is 1. The number of anilines is 1. The number of hydrogen-bond donors (Lipinski definition) is 1. The number of carbonyl (C=O) groups is 1. The highest BCUT2D eigenvalue weighted by atomic mass is 35.5. The number of hydrogen-bond acceptors (Lipinski definition) is 5. The van der Waals surface area contributed by atoms with Gasteiger partial charge in [-0.05, 0) is 36.8 Å². The lowest BCUT2D eigenvalue weighted by atomic mass is 10.2. The predicted octanol–water partition coefficient (Wildman–Crippen LogP) is 2.68. The highest BCUT2D eigenvalue weighted by Crippen LogP contribution is 2.33. The van der Waals surface area contributed by atoms with E-state index >= 15 is 0 Å². The van der Waals surface area contributed by atoms with Gasteiger partial charge in [-0.2, -0.15) is 4.31 Å². The average Bonchev–Trinajstić information content (AvgIpc) is 2.64. The molecule has 0 aliphatic carbocycles. The normalized spacial score (nSPS) is 13.5. The van der Waals surface area contributed by atoms with E-state index in [-0.39, 0.29) is 11.4 Å².